The molecule has 0 bridgehead atoms. The minimum absolute atomic E-state index is 0.0340. The molecule has 3 aromatic rings. The molecular weight excluding hydrogens is 411 g/mol. The van der Waals surface area contributed by atoms with Gasteiger partial charge in [-0.3, -0.25) is 19.3 Å². The quantitative estimate of drug-likeness (QED) is 0.623. The Kier molecular flexibility index (Phi) is 5.20. The van der Waals surface area contributed by atoms with E-state index in [0.717, 1.165) is 24.2 Å². The number of H-pyrrole nitrogens is 1. The molecule has 1 fully saturated rings. The van der Waals surface area contributed by atoms with Crippen molar-refractivity contribution in [2.24, 2.45) is 0 Å². The predicted molar refractivity (Wildman–Crippen MR) is 116 cm³/mol. The molecule has 8 heteroatoms. The molecule has 0 aliphatic carbocycles. The first-order valence-corrected chi connectivity index (χ1v) is 10.9. The van der Waals surface area contributed by atoms with Gasteiger partial charge in [0.1, 0.15) is 11.6 Å². The standard InChI is InChI=1S/C24H23FN4O3/c25-16-7-8-19-20(14-16)27-22(26-19)15-9-12-28(13-10-15)21(30)6-3-11-29-23(31)17-4-1-2-5-18(17)24(29)32/h1-2,4-5,7-8,14-15H,3,6,9-13H2,(H,26,27). The highest BCUT2D eigenvalue weighted by molar-refractivity contribution is 6.21. The molecule has 164 valence electrons. The number of benzene rings is 2. The molecule has 0 unspecified atom stereocenters. The van der Waals surface area contributed by atoms with Crippen LogP contribution in [-0.4, -0.2) is 57.1 Å². The van der Waals surface area contributed by atoms with E-state index in [9.17, 15) is 18.8 Å². The Morgan fingerprint density at radius 3 is 2.44 bits per heavy atom. The van der Waals surface area contributed by atoms with Gasteiger partial charge in [-0.1, -0.05) is 12.1 Å². The molecule has 0 radical (unpaired) electrons. The summed E-state index contributed by atoms with van der Waals surface area (Å²) in [7, 11) is 0. The monoisotopic (exact) mass is 434 g/mol. The highest BCUT2D eigenvalue weighted by Gasteiger charge is 2.34. The zero-order valence-electron chi connectivity index (χ0n) is 17.5. The third-order valence-corrected chi connectivity index (χ3v) is 6.35. The number of hydrogen-bond donors (Lipinski definition) is 1. The number of imide groups is 1. The van der Waals surface area contributed by atoms with Gasteiger partial charge < -0.3 is 9.88 Å². The van der Waals surface area contributed by atoms with Crippen LogP contribution in [-0.2, 0) is 4.79 Å². The van der Waals surface area contributed by atoms with E-state index in [-0.39, 0.29) is 36.0 Å². The van der Waals surface area contributed by atoms with Crippen LogP contribution < -0.4 is 0 Å². The largest absolute Gasteiger partial charge is 0.343 e. The SMILES string of the molecule is O=C(CCCN1C(=O)c2ccccc2C1=O)N1CCC(c2nc3ccc(F)cc3[nH]2)CC1. The number of imidazole rings is 1. The lowest BCUT2D eigenvalue weighted by atomic mass is 9.96. The molecule has 5 rings (SSSR count). The fraction of sp³-hybridized carbons (Fsp3) is 0.333. The van der Waals surface area contributed by atoms with Crippen LogP contribution in [0.1, 0.15) is 58.1 Å². The molecule has 7 nitrogen and oxygen atoms in total. The summed E-state index contributed by atoms with van der Waals surface area (Å²) < 4.78 is 13.4. The van der Waals surface area contributed by atoms with Gasteiger partial charge in [-0.2, -0.15) is 0 Å². The topological polar surface area (TPSA) is 86.4 Å². The van der Waals surface area contributed by atoms with E-state index in [2.05, 4.69) is 9.97 Å². The van der Waals surface area contributed by atoms with Crippen LogP contribution in [0.5, 0.6) is 0 Å². The van der Waals surface area contributed by atoms with Crippen LogP contribution in [0.3, 0.4) is 0 Å². The minimum atomic E-state index is -0.297. The maximum atomic E-state index is 13.4. The van der Waals surface area contributed by atoms with Crippen LogP contribution in [0, 0.1) is 5.82 Å². The molecule has 32 heavy (non-hydrogen) atoms. The number of carbonyl (C=O) groups is 3. The van der Waals surface area contributed by atoms with E-state index in [4.69, 9.17) is 0 Å². The smallest absolute Gasteiger partial charge is 0.261 e. The van der Waals surface area contributed by atoms with Gasteiger partial charge >= 0.3 is 0 Å². The van der Waals surface area contributed by atoms with Crippen molar-refractivity contribution >= 4 is 28.8 Å². The average Bonchev–Trinajstić information content (AvgIpc) is 3.33. The van der Waals surface area contributed by atoms with Gasteiger partial charge in [-0.05, 0) is 49.6 Å². The van der Waals surface area contributed by atoms with Crippen molar-refractivity contribution in [3.05, 3.63) is 65.2 Å². The maximum absolute atomic E-state index is 13.4. The van der Waals surface area contributed by atoms with Crippen LogP contribution in [0.4, 0.5) is 4.39 Å². The molecular formula is C24H23FN4O3. The molecule has 1 aromatic heterocycles. The Morgan fingerprint density at radius 1 is 1.06 bits per heavy atom. The van der Waals surface area contributed by atoms with Gasteiger partial charge in [0.05, 0.1) is 22.2 Å². The number of rotatable bonds is 5. The summed E-state index contributed by atoms with van der Waals surface area (Å²) in [5, 5.41) is 0. The number of aromatic amines is 1. The van der Waals surface area contributed by atoms with Gasteiger partial charge in [0.15, 0.2) is 0 Å². The van der Waals surface area contributed by atoms with Gasteiger partial charge in [-0.25, -0.2) is 9.37 Å². The lowest BCUT2D eigenvalue weighted by molar-refractivity contribution is -0.132. The number of halogens is 1. The number of nitrogens with one attached hydrogen (secondary N) is 1. The average molecular weight is 434 g/mol. The summed E-state index contributed by atoms with van der Waals surface area (Å²) in [4.78, 5) is 48.3. The zero-order valence-corrected chi connectivity index (χ0v) is 17.5. The number of piperidine rings is 1. The normalized spacial score (nSPS) is 16.8. The molecule has 1 saturated heterocycles. The lowest BCUT2D eigenvalue weighted by Crippen LogP contribution is -2.38. The molecule has 0 spiro atoms. The van der Waals surface area contributed by atoms with Gasteiger partial charge in [0.2, 0.25) is 5.91 Å². The van der Waals surface area contributed by atoms with E-state index >= 15 is 0 Å². The van der Waals surface area contributed by atoms with Crippen LogP contribution in [0.25, 0.3) is 11.0 Å². The minimum Gasteiger partial charge on any atom is -0.343 e. The highest BCUT2D eigenvalue weighted by Crippen LogP contribution is 2.28. The summed E-state index contributed by atoms with van der Waals surface area (Å²) in [5.41, 5.74) is 2.29. The van der Waals surface area contributed by atoms with E-state index in [1.807, 2.05) is 4.90 Å². The van der Waals surface area contributed by atoms with E-state index in [1.165, 1.54) is 17.0 Å². The van der Waals surface area contributed by atoms with Crippen molar-refractivity contribution in [3.8, 4) is 0 Å². The fourth-order valence-electron chi connectivity index (χ4n) is 4.59. The second kappa shape index (κ2) is 8.18. The molecule has 2 aromatic carbocycles. The first kappa shape index (κ1) is 20.4. The van der Waals surface area contributed by atoms with Crippen LogP contribution >= 0.6 is 0 Å². The Balaban J connectivity index is 1.12. The van der Waals surface area contributed by atoms with E-state index in [1.54, 1.807) is 30.3 Å². The van der Waals surface area contributed by atoms with Crippen molar-refractivity contribution in [1.82, 2.24) is 19.8 Å². The first-order chi connectivity index (χ1) is 15.5. The molecule has 3 heterocycles. The van der Waals surface area contributed by atoms with Gasteiger partial charge in [-0.15, -0.1) is 0 Å². The second-order valence-corrected chi connectivity index (χ2v) is 8.35. The Bertz CT molecular complexity index is 1180. The molecule has 0 atom stereocenters. The summed E-state index contributed by atoms with van der Waals surface area (Å²) >= 11 is 0. The molecule has 3 amide bonds. The Labute approximate surface area is 184 Å². The molecule has 2 aliphatic heterocycles. The van der Waals surface area contributed by atoms with Gasteiger partial charge in [0.25, 0.3) is 11.8 Å². The number of nitrogens with zero attached hydrogens (tertiary/aromatic N) is 3. The third kappa shape index (κ3) is 3.66. The lowest BCUT2D eigenvalue weighted by Gasteiger charge is -2.31. The van der Waals surface area contributed by atoms with Gasteiger partial charge in [0, 0.05) is 32.0 Å². The summed E-state index contributed by atoms with van der Waals surface area (Å²) in [6.07, 6.45) is 2.31. The number of likely N-dealkylation sites (tertiary alicyclic amines) is 1. The number of hydrogen-bond acceptors (Lipinski definition) is 4. The third-order valence-electron chi connectivity index (χ3n) is 6.35. The maximum Gasteiger partial charge on any atom is 0.261 e. The summed E-state index contributed by atoms with van der Waals surface area (Å²) in [6, 6.07) is 11.3. The van der Waals surface area contributed by atoms with E-state index < -0.39 is 0 Å². The first-order valence-electron chi connectivity index (χ1n) is 10.9. The number of carbonyl (C=O) groups excluding carboxylic acids is 3. The van der Waals surface area contributed by atoms with Crippen molar-refractivity contribution in [2.75, 3.05) is 19.6 Å². The van der Waals surface area contributed by atoms with Crippen molar-refractivity contribution in [3.63, 3.8) is 0 Å². The molecule has 1 N–H and O–H groups in total. The summed E-state index contributed by atoms with van der Waals surface area (Å²) in [5.74, 6) is 0.200. The number of fused-ring (bicyclic) bond motifs is 2. The number of amides is 3. The second-order valence-electron chi connectivity index (χ2n) is 8.35. The fourth-order valence-corrected chi connectivity index (χ4v) is 4.59. The van der Waals surface area contributed by atoms with Crippen molar-refractivity contribution in [1.29, 1.82) is 0 Å². The van der Waals surface area contributed by atoms with Crippen LogP contribution in [0.2, 0.25) is 0 Å². The van der Waals surface area contributed by atoms with Crippen molar-refractivity contribution in [2.45, 2.75) is 31.6 Å². The highest BCUT2D eigenvalue weighted by atomic mass is 19.1. The summed E-state index contributed by atoms with van der Waals surface area (Å²) in [6.45, 7) is 1.49. The number of aromatic nitrogens is 2. The molecule has 2 aliphatic rings. The molecule has 0 saturated carbocycles. The zero-order chi connectivity index (χ0) is 22.2. The van der Waals surface area contributed by atoms with Crippen molar-refractivity contribution < 1.29 is 18.8 Å². The Morgan fingerprint density at radius 2 is 1.75 bits per heavy atom. The predicted octanol–water partition coefficient (Wildman–Crippen LogP) is 3.48. The van der Waals surface area contributed by atoms with E-state index in [0.29, 0.717) is 42.6 Å². The van der Waals surface area contributed by atoms with Crippen LogP contribution in [0.15, 0.2) is 42.5 Å². The Hall–Kier alpha value is -3.55.